The number of para-hydroxylation sites is 2. The van der Waals surface area contributed by atoms with Gasteiger partial charge in [0.1, 0.15) is 5.58 Å². The molecule has 0 radical (unpaired) electrons. The van der Waals surface area contributed by atoms with Crippen molar-refractivity contribution in [2.75, 3.05) is 4.90 Å². The summed E-state index contributed by atoms with van der Waals surface area (Å²) in [6.07, 6.45) is 0. The van der Waals surface area contributed by atoms with Gasteiger partial charge in [-0.05, 0) is 74.3 Å². The fourth-order valence-corrected chi connectivity index (χ4v) is 9.38. The molecule has 0 bridgehead atoms. The maximum absolute atomic E-state index is 6.74. The van der Waals surface area contributed by atoms with Crippen LogP contribution in [-0.2, 0) is 0 Å². The van der Waals surface area contributed by atoms with Crippen LogP contribution in [0.5, 0.6) is 0 Å². The second-order valence-electron chi connectivity index (χ2n) is 13.2. The van der Waals surface area contributed by atoms with Gasteiger partial charge in [0.15, 0.2) is 5.58 Å². The number of fused-ring (bicyclic) bond motifs is 10. The maximum Gasteiger partial charge on any atom is 0.159 e. The number of rotatable bonds is 4. The van der Waals surface area contributed by atoms with Crippen LogP contribution in [0.4, 0.5) is 17.1 Å². The van der Waals surface area contributed by atoms with E-state index >= 15 is 0 Å². The minimum absolute atomic E-state index is 0.878. The SMILES string of the molecule is c1ccc2c(-c3ccc(N(c4ccc5c(ccc6ccccc65)c4)c4cccc5c4oc4ccccc45)c4c3sc3ccccc34)cccc2c1. The Labute approximate surface area is 298 Å². The van der Waals surface area contributed by atoms with Gasteiger partial charge >= 0.3 is 0 Å². The van der Waals surface area contributed by atoms with Crippen LogP contribution in [-0.4, -0.2) is 0 Å². The first-order valence-corrected chi connectivity index (χ1v) is 18.2. The van der Waals surface area contributed by atoms with Gasteiger partial charge in [-0.15, -0.1) is 11.3 Å². The number of thiophene rings is 1. The average molecular weight is 668 g/mol. The van der Waals surface area contributed by atoms with Crippen LogP contribution in [0.2, 0.25) is 0 Å². The van der Waals surface area contributed by atoms with E-state index in [2.05, 4.69) is 175 Å². The molecule has 11 aromatic rings. The van der Waals surface area contributed by atoms with Crippen LogP contribution in [0.1, 0.15) is 0 Å². The van der Waals surface area contributed by atoms with Crippen LogP contribution in [0.3, 0.4) is 0 Å². The van der Waals surface area contributed by atoms with Gasteiger partial charge in [-0.3, -0.25) is 0 Å². The molecule has 0 N–H and O–H groups in total. The van der Waals surface area contributed by atoms with E-state index in [-0.39, 0.29) is 0 Å². The Hall–Kier alpha value is -6.42. The summed E-state index contributed by atoms with van der Waals surface area (Å²) in [6.45, 7) is 0. The first kappa shape index (κ1) is 28.4. The standard InChI is InChI=1S/C48H29NOS/c1-4-15-35-30(11-1)13-9-18-37(35)40-27-28-42(46-41-17-6-8-22-45(41)51-48(40)46)49(43-20-10-19-39-38-16-5-7-21-44(38)50-47(39)43)33-25-26-36-32(29-33)24-23-31-12-2-3-14-34(31)36/h1-29H. The topological polar surface area (TPSA) is 16.4 Å². The number of hydrogen-bond donors (Lipinski definition) is 0. The minimum Gasteiger partial charge on any atom is -0.454 e. The van der Waals surface area contributed by atoms with Crippen molar-refractivity contribution < 1.29 is 4.42 Å². The third-order valence-corrected chi connectivity index (χ3v) is 11.6. The fourth-order valence-electron chi connectivity index (χ4n) is 8.13. The molecule has 51 heavy (non-hydrogen) atoms. The van der Waals surface area contributed by atoms with Gasteiger partial charge in [0.05, 0.1) is 11.4 Å². The van der Waals surface area contributed by atoms with Crippen molar-refractivity contribution in [3.63, 3.8) is 0 Å². The molecule has 0 aliphatic rings. The minimum atomic E-state index is 0.878. The molecule has 0 fully saturated rings. The molecule has 0 unspecified atom stereocenters. The second kappa shape index (κ2) is 11.0. The zero-order valence-electron chi connectivity index (χ0n) is 27.5. The summed E-state index contributed by atoms with van der Waals surface area (Å²) in [5.74, 6) is 0. The molecule has 0 aliphatic heterocycles. The summed E-state index contributed by atoms with van der Waals surface area (Å²) in [4.78, 5) is 2.42. The van der Waals surface area contributed by atoms with Crippen molar-refractivity contribution in [1.29, 1.82) is 0 Å². The number of nitrogens with zero attached hydrogens (tertiary/aromatic N) is 1. The Kier molecular flexibility index (Phi) is 6.16. The second-order valence-corrected chi connectivity index (χ2v) is 14.3. The Morgan fingerprint density at radius 1 is 0.412 bits per heavy atom. The van der Waals surface area contributed by atoms with Gasteiger partial charge in [-0.25, -0.2) is 0 Å². The van der Waals surface area contributed by atoms with Gasteiger partial charge in [0.25, 0.3) is 0 Å². The summed E-state index contributed by atoms with van der Waals surface area (Å²) in [6, 6.07) is 63.7. The van der Waals surface area contributed by atoms with E-state index in [1.54, 1.807) is 0 Å². The van der Waals surface area contributed by atoms with E-state index < -0.39 is 0 Å². The number of benzene rings is 9. The molecule has 2 aromatic heterocycles. The summed E-state index contributed by atoms with van der Waals surface area (Å²) in [5.41, 5.74) is 7.49. The van der Waals surface area contributed by atoms with Crippen molar-refractivity contribution in [2.45, 2.75) is 0 Å². The van der Waals surface area contributed by atoms with E-state index in [1.807, 2.05) is 17.4 Å². The molecule has 238 valence electrons. The molecule has 0 aliphatic carbocycles. The van der Waals surface area contributed by atoms with Crippen LogP contribution in [0.15, 0.2) is 180 Å². The predicted molar refractivity (Wildman–Crippen MR) is 219 cm³/mol. The number of anilines is 3. The van der Waals surface area contributed by atoms with Crippen molar-refractivity contribution >= 4 is 103 Å². The molecule has 2 heterocycles. The predicted octanol–water partition coefficient (Wildman–Crippen LogP) is 14.6. The van der Waals surface area contributed by atoms with Gasteiger partial charge in [-0.2, -0.15) is 0 Å². The highest BCUT2D eigenvalue weighted by Crippen LogP contribution is 2.51. The Morgan fingerprint density at radius 3 is 1.98 bits per heavy atom. The van der Waals surface area contributed by atoms with Crippen molar-refractivity contribution in [1.82, 2.24) is 0 Å². The molecule has 0 saturated heterocycles. The van der Waals surface area contributed by atoms with Crippen molar-refractivity contribution in [3.8, 4) is 11.1 Å². The van der Waals surface area contributed by atoms with Crippen LogP contribution >= 0.6 is 11.3 Å². The van der Waals surface area contributed by atoms with E-state index in [0.717, 1.165) is 39.0 Å². The highest BCUT2D eigenvalue weighted by Gasteiger charge is 2.24. The number of hydrogen-bond acceptors (Lipinski definition) is 3. The summed E-state index contributed by atoms with van der Waals surface area (Å²) < 4.78 is 9.28. The van der Waals surface area contributed by atoms with Crippen molar-refractivity contribution in [2.24, 2.45) is 0 Å². The molecular weight excluding hydrogens is 639 g/mol. The van der Waals surface area contributed by atoms with Crippen LogP contribution in [0, 0.1) is 0 Å². The van der Waals surface area contributed by atoms with Gasteiger partial charge in [-0.1, -0.05) is 140 Å². The van der Waals surface area contributed by atoms with E-state index in [1.165, 1.54) is 63.6 Å². The lowest BCUT2D eigenvalue weighted by molar-refractivity contribution is 0.669. The average Bonchev–Trinajstić information content (AvgIpc) is 3.78. The molecule has 9 aromatic carbocycles. The largest absolute Gasteiger partial charge is 0.454 e. The lowest BCUT2D eigenvalue weighted by atomic mass is 9.95. The highest BCUT2D eigenvalue weighted by atomic mass is 32.1. The molecule has 0 saturated carbocycles. The molecule has 3 heteroatoms. The van der Waals surface area contributed by atoms with Gasteiger partial charge < -0.3 is 9.32 Å². The Balaban J connectivity index is 1.25. The maximum atomic E-state index is 6.74. The van der Waals surface area contributed by atoms with E-state index in [0.29, 0.717) is 0 Å². The third kappa shape index (κ3) is 4.29. The monoisotopic (exact) mass is 667 g/mol. The molecule has 0 spiro atoms. The van der Waals surface area contributed by atoms with E-state index in [9.17, 15) is 0 Å². The van der Waals surface area contributed by atoms with E-state index in [4.69, 9.17) is 4.42 Å². The summed E-state index contributed by atoms with van der Waals surface area (Å²) >= 11 is 1.87. The smallest absolute Gasteiger partial charge is 0.159 e. The molecule has 0 amide bonds. The zero-order valence-corrected chi connectivity index (χ0v) is 28.3. The third-order valence-electron chi connectivity index (χ3n) is 10.4. The quantitative estimate of drug-likeness (QED) is 0.174. The lowest BCUT2D eigenvalue weighted by Gasteiger charge is -2.27. The summed E-state index contributed by atoms with van der Waals surface area (Å²) in [5, 5.41) is 12.2. The molecular formula is C48H29NOS. The van der Waals surface area contributed by atoms with Crippen LogP contribution < -0.4 is 4.90 Å². The zero-order chi connectivity index (χ0) is 33.5. The highest BCUT2D eigenvalue weighted by molar-refractivity contribution is 7.26. The van der Waals surface area contributed by atoms with Crippen molar-refractivity contribution in [3.05, 3.63) is 176 Å². The first-order chi connectivity index (χ1) is 25.3. The Morgan fingerprint density at radius 2 is 1.08 bits per heavy atom. The van der Waals surface area contributed by atoms with Gasteiger partial charge in [0.2, 0.25) is 0 Å². The van der Waals surface area contributed by atoms with Gasteiger partial charge in [0, 0.05) is 42.2 Å². The molecule has 2 nitrogen and oxygen atoms in total. The lowest BCUT2D eigenvalue weighted by Crippen LogP contribution is -2.11. The fraction of sp³-hybridized carbons (Fsp3) is 0. The summed E-state index contributed by atoms with van der Waals surface area (Å²) in [7, 11) is 0. The Bertz CT molecular complexity index is 3160. The first-order valence-electron chi connectivity index (χ1n) is 17.3. The van der Waals surface area contributed by atoms with Crippen LogP contribution in [0.25, 0.3) is 85.6 Å². The number of furan rings is 1. The normalized spacial score (nSPS) is 11.9. The molecule has 11 rings (SSSR count). The molecule has 0 atom stereocenters.